The molecule has 3 N–H and O–H groups in total. The standard InChI is InChI=1S/C17H21FN2S/c1-11-5-6-13(18)9-12(11)10-16(20-19)14-3-2-4-17-15(14)7-8-21-17/h5-9,14,16,20H,2-4,10,19H2,1H3. The average Bonchev–Trinajstić information content (AvgIpc) is 2.96. The monoisotopic (exact) mass is 304 g/mol. The summed E-state index contributed by atoms with van der Waals surface area (Å²) in [7, 11) is 0. The van der Waals surface area contributed by atoms with E-state index >= 15 is 0 Å². The van der Waals surface area contributed by atoms with Gasteiger partial charge < -0.3 is 0 Å². The molecular formula is C17H21FN2S. The van der Waals surface area contributed by atoms with Crippen molar-refractivity contribution in [1.29, 1.82) is 0 Å². The maximum atomic E-state index is 13.5. The number of hydrogen-bond acceptors (Lipinski definition) is 3. The second kappa shape index (κ2) is 6.26. The quantitative estimate of drug-likeness (QED) is 0.668. The number of rotatable bonds is 4. The fraction of sp³-hybridized carbons (Fsp3) is 0.412. The number of benzene rings is 1. The van der Waals surface area contributed by atoms with Gasteiger partial charge in [-0.25, -0.2) is 4.39 Å². The number of hydrogen-bond donors (Lipinski definition) is 2. The van der Waals surface area contributed by atoms with Crippen LogP contribution < -0.4 is 11.3 Å². The van der Waals surface area contributed by atoms with E-state index in [2.05, 4.69) is 16.9 Å². The number of halogens is 1. The maximum absolute atomic E-state index is 13.5. The molecule has 2 nitrogen and oxygen atoms in total. The molecule has 1 aliphatic rings. The van der Waals surface area contributed by atoms with E-state index in [0.29, 0.717) is 5.92 Å². The van der Waals surface area contributed by atoms with Crippen LogP contribution in [-0.4, -0.2) is 6.04 Å². The van der Waals surface area contributed by atoms with Crippen molar-refractivity contribution < 1.29 is 4.39 Å². The summed E-state index contributed by atoms with van der Waals surface area (Å²) < 4.78 is 13.5. The summed E-state index contributed by atoms with van der Waals surface area (Å²) in [6.45, 7) is 2.03. The van der Waals surface area contributed by atoms with Gasteiger partial charge in [0.25, 0.3) is 0 Å². The van der Waals surface area contributed by atoms with Crippen molar-refractivity contribution in [2.24, 2.45) is 5.84 Å². The van der Waals surface area contributed by atoms with Crippen LogP contribution in [0.1, 0.15) is 40.3 Å². The molecular weight excluding hydrogens is 283 g/mol. The highest BCUT2D eigenvalue weighted by atomic mass is 32.1. The average molecular weight is 304 g/mol. The van der Waals surface area contributed by atoms with Crippen LogP contribution in [0.15, 0.2) is 29.6 Å². The van der Waals surface area contributed by atoms with E-state index in [0.717, 1.165) is 24.0 Å². The fourth-order valence-corrected chi connectivity index (χ4v) is 4.35. The molecule has 0 amide bonds. The Morgan fingerprint density at radius 2 is 2.29 bits per heavy atom. The molecule has 0 aliphatic heterocycles. The second-order valence-corrected chi connectivity index (χ2v) is 6.85. The van der Waals surface area contributed by atoms with Gasteiger partial charge >= 0.3 is 0 Å². The Balaban J connectivity index is 1.85. The molecule has 0 radical (unpaired) electrons. The van der Waals surface area contributed by atoms with E-state index in [9.17, 15) is 4.39 Å². The van der Waals surface area contributed by atoms with Crippen LogP contribution in [0.5, 0.6) is 0 Å². The lowest BCUT2D eigenvalue weighted by atomic mass is 9.80. The van der Waals surface area contributed by atoms with Gasteiger partial charge in [0.05, 0.1) is 0 Å². The summed E-state index contributed by atoms with van der Waals surface area (Å²) >= 11 is 1.84. The summed E-state index contributed by atoms with van der Waals surface area (Å²) in [5.74, 6) is 6.07. The number of nitrogens with two attached hydrogens (primary N) is 1. The van der Waals surface area contributed by atoms with Gasteiger partial charge in [0.15, 0.2) is 0 Å². The minimum Gasteiger partial charge on any atom is -0.271 e. The Kier molecular flexibility index (Phi) is 4.38. The van der Waals surface area contributed by atoms with Crippen LogP contribution in [0.3, 0.4) is 0 Å². The van der Waals surface area contributed by atoms with Gasteiger partial charge in [0.1, 0.15) is 5.82 Å². The van der Waals surface area contributed by atoms with Crippen LogP contribution in [-0.2, 0) is 12.8 Å². The van der Waals surface area contributed by atoms with Crippen LogP contribution in [0.25, 0.3) is 0 Å². The fourth-order valence-electron chi connectivity index (χ4n) is 3.35. The Hall–Kier alpha value is -1.23. The van der Waals surface area contributed by atoms with Crippen molar-refractivity contribution in [3.05, 3.63) is 57.0 Å². The first-order chi connectivity index (χ1) is 10.2. The molecule has 1 heterocycles. The molecule has 0 bridgehead atoms. The summed E-state index contributed by atoms with van der Waals surface area (Å²) in [4.78, 5) is 1.49. The number of aryl methyl sites for hydroxylation is 2. The molecule has 2 unspecified atom stereocenters. The predicted octanol–water partition coefficient (Wildman–Crippen LogP) is 3.69. The minimum atomic E-state index is -0.175. The summed E-state index contributed by atoms with van der Waals surface area (Å²) in [6.07, 6.45) is 4.30. The lowest BCUT2D eigenvalue weighted by molar-refractivity contribution is 0.396. The van der Waals surface area contributed by atoms with Crippen molar-refractivity contribution in [2.75, 3.05) is 0 Å². The zero-order valence-electron chi connectivity index (χ0n) is 12.2. The number of nitrogens with one attached hydrogen (secondary N) is 1. The molecule has 1 aromatic heterocycles. The van der Waals surface area contributed by atoms with E-state index in [1.807, 2.05) is 24.3 Å². The Bertz CT molecular complexity index is 623. The van der Waals surface area contributed by atoms with Crippen LogP contribution in [0.2, 0.25) is 0 Å². The number of hydrazine groups is 1. The van der Waals surface area contributed by atoms with Crippen molar-refractivity contribution in [3.8, 4) is 0 Å². The molecule has 0 spiro atoms. The van der Waals surface area contributed by atoms with Crippen LogP contribution in [0.4, 0.5) is 4.39 Å². The Morgan fingerprint density at radius 3 is 3.10 bits per heavy atom. The van der Waals surface area contributed by atoms with Crippen molar-refractivity contribution >= 4 is 11.3 Å². The van der Waals surface area contributed by atoms with Crippen LogP contribution in [0, 0.1) is 12.7 Å². The highest BCUT2D eigenvalue weighted by molar-refractivity contribution is 7.10. The SMILES string of the molecule is Cc1ccc(F)cc1CC(NN)C1CCCc2sccc21. The van der Waals surface area contributed by atoms with Crippen LogP contribution >= 0.6 is 11.3 Å². The molecule has 1 aliphatic carbocycles. The topological polar surface area (TPSA) is 38.0 Å². The first-order valence-corrected chi connectivity index (χ1v) is 8.34. The molecule has 2 aromatic rings. The molecule has 0 saturated heterocycles. The molecule has 3 rings (SSSR count). The summed E-state index contributed by atoms with van der Waals surface area (Å²) in [6, 6.07) is 7.37. The summed E-state index contributed by atoms with van der Waals surface area (Å²) in [5.41, 5.74) is 6.58. The largest absolute Gasteiger partial charge is 0.271 e. The summed E-state index contributed by atoms with van der Waals surface area (Å²) in [5, 5.41) is 2.17. The normalized spacial score (nSPS) is 19.3. The van der Waals surface area contributed by atoms with Gasteiger partial charge in [0.2, 0.25) is 0 Å². The van der Waals surface area contributed by atoms with Gasteiger partial charge in [-0.3, -0.25) is 11.3 Å². The second-order valence-electron chi connectivity index (χ2n) is 5.85. The molecule has 2 atom stereocenters. The van der Waals surface area contributed by atoms with E-state index < -0.39 is 0 Å². The van der Waals surface area contributed by atoms with Gasteiger partial charge in [-0.2, -0.15) is 0 Å². The van der Waals surface area contributed by atoms with Crippen molar-refractivity contribution in [3.63, 3.8) is 0 Å². The number of fused-ring (bicyclic) bond motifs is 1. The third kappa shape index (κ3) is 3.03. The van der Waals surface area contributed by atoms with E-state index in [1.54, 1.807) is 6.07 Å². The lowest BCUT2D eigenvalue weighted by Crippen LogP contribution is -2.42. The maximum Gasteiger partial charge on any atom is 0.123 e. The van der Waals surface area contributed by atoms with Crippen molar-refractivity contribution in [2.45, 2.75) is 44.6 Å². The van der Waals surface area contributed by atoms with Gasteiger partial charge in [-0.05, 0) is 72.9 Å². The minimum absolute atomic E-state index is 0.152. The van der Waals surface area contributed by atoms with Crippen molar-refractivity contribution in [1.82, 2.24) is 5.43 Å². The Morgan fingerprint density at radius 1 is 1.43 bits per heavy atom. The van der Waals surface area contributed by atoms with Gasteiger partial charge in [-0.15, -0.1) is 11.3 Å². The lowest BCUT2D eigenvalue weighted by Gasteiger charge is -2.30. The first-order valence-electron chi connectivity index (χ1n) is 7.46. The molecule has 0 saturated carbocycles. The Labute approximate surface area is 129 Å². The van der Waals surface area contributed by atoms with Gasteiger partial charge in [-0.1, -0.05) is 6.07 Å². The van der Waals surface area contributed by atoms with E-state index in [-0.39, 0.29) is 11.9 Å². The third-order valence-corrected chi connectivity index (χ3v) is 5.55. The number of thiophene rings is 1. The molecule has 4 heteroatoms. The third-order valence-electron chi connectivity index (χ3n) is 4.55. The molecule has 112 valence electrons. The highest BCUT2D eigenvalue weighted by Gasteiger charge is 2.28. The zero-order valence-corrected chi connectivity index (χ0v) is 13.0. The predicted molar refractivity (Wildman–Crippen MR) is 86.0 cm³/mol. The molecule has 21 heavy (non-hydrogen) atoms. The zero-order chi connectivity index (χ0) is 14.8. The van der Waals surface area contributed by atoms with E-state index in [1.165, 1.54) is 29.3 Å². The first kappa shape index (κ1) is 14.7. The van der Waals surface area contributed by atoms with Gasteiger partial charge in [0, 0.05) is 16.8 Å². The molecule has 0 fully saturated rings. The highest BCUT2D eigenvalue weighted by Crippen LogP contribution is 2.37. The smallest absolute Gasteiger partial charge is 0.123 e. The molecule has 1 aromatic carbocycles. The van der Waals surface area contributed by atoms with E-state index in [4.69, 9.17) is 5.84 Å².